The van der Waals surface area contributed by atoms with Gasteiger partial charge in [0.15, 0.2) is 0 Å². The van der Waals surface area contributed by atoms with Crippen LogP contribution < -0.4 is 4.74 Å². The lowest BCUT2D eigenvalue weighted by molar-refractivity contribution is -0.111. The average Bonchev–Trinajstić information content (AvgIpc) is 2.69. The van der Waals surface area contributed by atoms with E-state index < -0.39 is 5.78 Å². The highest BCUT2D eigenvalue weighted by molar-refractivity contribution is 6.14. The van der Waals surface area contributed by atoms with Gasteiger partial charge in [-0.05, 0) is 54.7 Å². The van der Waals surface area contributed by atoms with Crippen molar-refractivity contribution >= 4 is 22.3 Å². The van der Waals surface area contributed by atoms with Crippen molar-refractivity contribution in [3.63, 3.8) is 0 Å². The summed E-state index contributed by atoms with van der Waals surface area (Å²) in [5.41, 5.74) is 1.36. The van der Waals surface area contributed by atoms with Crippen molar-refractivity contribution in [2.45, 2.75) is 33.6 Å². The Kier molecular flexibility index (Phi) is 5.98. The molecule has 0 aliphatic heterocycles. The second-order valence-corrected chi connectivity index (χ2v) is 7.49. The molecule has 0 radical (unpaired) electrons. The first-order valence-electron chi connectivity index (χ1n) is 9.81. The van der Waals surface area contributed by atoms with Crippen LogP contribution in [0.2, 0.25) is 0 Å². The molecule has 0 aromatic heterocycles. The first-order valence-corrected chi connectivity index (χ1v) is 9.81. The highest BCUT2D eigenvalue weighted by Crippen LogP contribution is 2.45. The van der Waals surface area contributed by atoms with Gasteiger partial charge in [0.1, 0.15) is 17.3 Å². The van der Waals surface area contributed by atoms with Gasteiger partial charge < -0.3 is 14.9 Å². The fourth-order valence-electron chi connectivity index (χ4n) is 3.84. The highest BCUT2D eigenvalue weighted by atomic mass is 16.5. The number of allylic oxidation sites excluding steroid dienone is 3. The number of Topliss-reactive ketones (excluding diaryl/α,β-unsaturated/α-hetero) is 1. The zero-order valence-electron chi connectivity index (χ0n) is 17.2. The van der Waals surface area contributed by atoms with Gasteiger partial charge in [-0.3, -0.25) is 4.79 Å². The van der Waals surface area contributed by atoms with Crippen LogP contribution in [0.5, 0.6) is 11.5 Å². The molecule has 0 saturated heterocycles. The number of aromatic hydroxyl groups is 1. The molecule has 2 atom stereocenters. The van der Waals surface area contributed by atoms with Gasteiger partial charge in [0.05, 0.1) is 23.6 Å². The number of hydrogen-bond acceptors (Lipinski definition) is 4. The Balaban J connectivity index is 2.11. The van der Waals surface area contributed by atoms with Gasteiger partial charge in [0.25, 0.3) is 0 Å². The van der Waals surface area contributed by atoms with E-state index in [1.165, 1.54) is 7.11 Å². The number of benzene rings is 2. The van der Waals surface area contributed by atoms with Crippen molar-refractivity contribution < 1.29 is 19.7 Å². The Labute approximate surface area is 171 Å². The minimum atomic E-state index is -0.396. The molecule has 1 aliphatic rings. The van der Waals surface area contributed by atoms with Crippen LogP contribution in [0.25, 0.3) is 16.5 Å². The molecule has 0 spiro atoms. The molecule has 1 aliphatic carbocycles. The summed E-state index contributed by atoms with van der Waals surface area (Å²) in [4.78, 5) is 12.8. The number of carbonyl (C=O) groups excluding carboxylic acids is 1. The number of fused-ring (bicyclic) bond motifs is 2. The van der Waals surface area contributed by atoms with E-state index in [1.807, 2.05) is 51.1 Å². The first kappa shape index (κ1) is 20.5. The van der Waals surface area contributed by atoms with Gasteiger partial charge in [-0.15, -0.1) is 0 Å². The largest absolute Gasteiger partial charge is 0.507 e. The summed E-state index contributed by atoms with van der Waals surface area (Å²) < 4.78 is 5.37. The number of hydrogen-bond donors (Lipinski definition) is 2. The van der Waals surface area contributed by atoms with Gasteiger partial charge in [-0.25, -0.2) is 0 Å². The van der Waals surface area contributed by atoms with Crippen LogP contribution in [0.15, 0.2) is 42.0 Å². The van der Waals surface area contributed by atoms with Crippen LogP contribution in [0.1, 0.15) is 38.3 Å². The third-order valence-electron chi connectivity index (χ3n) is 5.32. The Morgan fingerprint density at radius 3 is 2.83 bits per heavy atom. The molecular formula is C25H26O4. The fourth-order valence-corrected chi connectivity index (χ4v) is 3.84. The molecule has 1 unspecified atom stereocenters. The Morgan fingerprint density at radius 2 is 2.14 bits per heavy atom. The summed E-state index contributed by atoms with van der Waals surface area (Å²) in [6.45, 7) is 5.79. The zero-order chi connectivity index (χ0) is 21.1. The maximum atomic E-state index is 12.8. The van der Waals surface area contributed by atoms with Crippen LogP contribution in [-0.2, 0) is 11.2 Å². The summed E-state index contributed by atoms with van der Waals surface area (Å²) in [5, 5.41) is 23.2. The van der Waals surface area contributed by atoms with Crippen molar-refractivity contribution in [1.29, 1.82) is 0 Å². The van der Waals surface area contributed by atoms with Crippen molar-refractivity contribution in [3.8, 4) is 23.3 Å². The van der Waals surface area contributed by atoms with Crippen LogP contribution in [0.3, 0.4) is 0 Å². The fraction of sp³-hybridized carbons (Fsp3) is 0.320. The molecule has 3 rings (SSSR count). The molecule has 2 N–H and O–H groups in total. The second-order valence-electron chi connectivity index (χ2n) is 7.49. The third-order valence-corrected chi connectivity index (χ3v) is 5.32. The van der Waals surface area contributed by atoms with Gasteiger partial charge in [-0.1, -0.05) is 44.1 Å². The monoisotopic (exact) mass is 390 g/mol. The van der Waals surface area contributed by atoms with Crippen molar-refractivity contribution in [3.05, 3.63) is 53.1 Å². The van der Waals surface area contributed by atoms with E-state index in [4.69, 9.17) is 4.74 Å². The lowest BCUT2D eigenvalue weighted by Crippen LogP contribution is -2.19. The number of methoxy groups -OCH3 is 1. The Hall–Kier alpha value is -3.19. The van der Waals surface area contributed by atoms with Crippen LogP contribution in [-0.4, -0.2) is 23.1 Å². The number of ether oxygens (including phenoxy) is 1. The lowest BCUT2D eigenvalue weighted by Gasteiger charge is -2.25. The van der Waals surface area contributed by atoms with Gasteiger partial charge in [0, 0.05) is 5.92 Å². The SMILES string of the molecule is C/C=C\C[C@@H](C)C#CC(=O)C1=C(O)c2c(cc3cccc(OC)c3c2O)CC1C. The van der Waals surface area contributed by atoms with E-state index in [-0.39, 0.29) is 28.9 Å². The highest BCUT2D eigenvalue weighted by Gasteiger charge is 2.31. The molecule has 0 bridgehead atoms. The van der Waals surface area contributed by atoms with E-state index in [0.29, 0.717) is 23.1 Å². The molecular weight excluding hydrogens is 364 g/mol. The maximum Gasteiger partial charge on any atom is 0.235 e. The predicted octanol–water partition coefficient (Wildman–Crippen LogP) is 5.19. The lowest BCUT2D eigenvalue weighted by atomic mass is 9.80. The topological polar surface area (TPSA) is 66.8 Å². The van der Waals surface area contributed by atoms with E-state index in [2.05, 4.69) is 11.8 Å². The average molecular weight is 390 g/mol. The number of rotatable bonds is 4. The number of carbonyl (C=O) groups is 1. The second kappa shape index (κ2) is 8.45. The molecule has 150 valence electrons. The summed E-state index contributed by atoms with van der Waals surface area (Å²) >= 11 is 0. The number of phenolic OH excluding ortho intramolecular Hbond substituents is 1. The van der Waals surface area contributed by atoms with Gasteiger partial charge in [-0.2, -0.15) is 0 Å². The molecule has 0 heterocycles. The summed E-state index contributed by atoms with van der Waals surface area (Å²) in [6.07, 6.45) is 5.27. The van der Waals surface area contributed by atoms with Crippen LogP contribution >= 0.6 is 0 Å². The molecule has 0 fully saturated rings. The summed E-state index contributed by atoms with van der Waals surface area (Å²) in [7, 11) is 1.53. The molecule has 4 heteroatoms. The zero-order valence-corrected chi connectivity index (χ0v) is 17.2. The Morgan fingerprint density at radius 1 is 1.38 bits per heavy atom. The van der Waals surface area contributed by atoms with E-state index in [1.54, 1.807) is 6.07 Å². The van der Waals surface area contributed by atoms with Crippen molar-refractivity contribution in [2.75, 3.05) is 7.11 Å². The Bertz CT molecular complexity index is 1080. The van der Waals surface area contributed by atoms with E-state index in [9.17, 15) is 15.0 Å². The number of aliphatic hydroxyl groups excluding tert-OH is 1. The smallest absolute Gasteiger partial charge is 0.235 e. The standard InChI is InChI=1S/C25H26O4/c1-5-6-8-15(2)11-12-19(26)21-16(3)13-18-14-17-9-7-10-20(29-4)22(17)25(28)23(18)24(21)27/h5-7,9-10,14-16,27-28H,8,13H2,1-4H3/b6-5-/t15-,16?/m1/s1. The van der Waals surface area contributed by atoms with Gasteiger partial charge >= 0.3 is 0 Å². The predicted molar refractivity (Wildman–Crippen MR) is 116 cm³/mol. The molecule has 2 aromatic carbocycles. The molecule has 0 saturated carbocycles. The van der Waals surface area contributed by atoms with Crippen LogP contribution in [0.4, 0.5) is 0 Å². The van der Waals surface area contributed by atoms with Crippen molar-refractivity contribution in [2.24, 2.45) is 11.8 Å². The van der Waals surface area contributed by atoms with E-state index >= 15 is 0 Å². The summed E-state index contributed by atoms with van der Waals surface area (Å²) in [5.74, 6) is 5.36. The minimum absolute atomic E-state index is 0.0469. The molecule has 29 heavy (non-hydrogen) atoms. The molecule has 4 nitrogen and oxygen atoms in total. The van der Waals surface area contributed by atoms with Crippen LogP contribution in [0, 0.1) is 23.7 Å². The normalized spacial score (nSPS) is 17.0. The maximum absolute atomic E-state index is 12.8. The number of ketones is 1. The number of phenols is 1. The number of aliphatic hydroxyl groups is 1. The molecule has 0 amide bonds. The van der Waals surface area contributed by atoms with Gasteiger partial charge in [0.2, 0.25) is 5.78 Å². The summed E-state index contributed by atoms with van der Waals surface area (Å²) in [6, 6.07) is 7.44. The van der Waals surface area contributed by atoms with Crippen molar-refractivity contribution in [1.82, 2.24) is 0 Å². The minimum Gasteiger partial charge on any atom is -0.507 e. The quantitative estimate of drug-likeness (QED) is 0.428. The van der Waals surface area contributed by atoms with E-state index in [0.717, 1.165) is 17.4 Å². The third kappa shape index (κ3) is 3.86. The molecule has 2 aromatic rings. The first-order chi connectivity index (χ1) is 13.9.